The van der Waals surface area contributed by atoms with E-state index in [-0.39, 0.29) is 5.97 Å². The Labute approximate surface area is 129 Å². The van der Waals surface area contributed by atoms with Gasteiger partial charge in [-0.2, -0.15) is 0 Å². The first kappa shape index (κ1) is 16.8. The summed E-state index contributed by atoms with van der Waals surface area (Å²) in [5.41, 5.74) is -0.432. The Bertz CT molecular complexity index is 330. The van der Waals surface area contributed by atoms with Crippen molar-refractivity contribution in [2.45, 2.75) is 70.9 Å². The lowest BCUT2D eigenvalue weighted by atomic mass is 9.86. The highest BCUT2D eigenvalue weighted by atomic mass is 16.5. The monoisotopic (exact) mass is 296 g/mol. The number of nitrogens with zero attached hydrogens (tertiary/aromatic N) is 1. The van der Waals surface area contributed by atoms with Gasteiger partial charge >= 0.3 is 5.97 Å². The molecule has 0 unspecified atom stereocenters. The van der Waals surface area contributed by atoms with Gasteiger partial charge in [0.1, 0.15) is 5.54 Å². The zero-order chi connectivity index (χ0) is 15.3. The molecule has 0 amide bonds. The molecular formula is C17H32N2O2. The van der Waals surface area contributed by atoms with Gasteiger partial charge in [-0.05, 0) is 38.5 Å². The minimum atomic E-state index is -0.432. The minimum absolute atomic E-state index is 0.0268. The third kappa shape index (κ3) is 4.43. The number of hydrogen-bond donors (Lipinski definition) is 1. The Morgan fingerprint density at radius 1 is 1.29 bits per heavy atom. The number of rotatable bonds is 6. The molecule has 2 rings (SSSR count). The summed E-state index contributed by atoms with van der Waals surface area (Å²) in [6.07, 6.45) is 6.75. The molecule has 0 aromatic heterocycles. The first-order chi connectivity index (χ1) is 10.1. The molecule has 0 radical (unpaired) electrons. The van der Waals surface area contributed by atoms with E-state index in [4.69, 9.17) is 4.74 Å². The quantitative estimate of drug-likeness (QED) is 0.765. The second kappa shape index (κ2) is 7.59. The van der Waals surface area contributed by atoms with E-state index in [0.717, 1.165) is 32.5 Å². The Kier molecular flexibility index (Phi) is 6.06. The van der Waals surface area contributed by atoms with Gasteiger partial charge in [-0.3, -0.25) is 10.1 Å². The van der Waals surface area contributed by atoms with Gasteiger partial charge in [0.2, 0.25) is 0 Å². The van der Waals surface area contributed by atoms with E-state index in [1.54, 1.807) is 0 Å². The van der Waals surface area contributed by atoms with E-state index in [2.05, 4.69) is 24.1 Å². The maximum absolute atomic E-state index is 12.5. The average Bonchev–Trinajstić information content (AvgIpc) is 2.93. The number of piperidine rings is 1. The SMILES string of the molecule is CCOC(=O)C1(NC2CCCC2)CCN(CC(C)C)CC1. The number of likely N-dealkylation sites (tertiary alicyclic amines) is 1. The highest BCUT2D eigenvalue weighted by molar-refractivity contribution is 5.81. The fraction of sp³-hybridized carbons (Fsp3) is 0.941. The molecule has 21 heavy (non-hydrogen) atoms. The lowest BCUT2D eigenvalue weighted by Gasteiger charge is -2.42. The van der Waals surface area contributed by atoms with E-state index >= 15 is 0 Å². The highest BCUT2D eigenvalue weighted by Gasteiger charge is 2.44. The summed E-state index contributed by atoms with van der Waals surface area (Å²) in [5, 5.41) is 3.69. The van der Waals surface area contributed by atoms with Crippen LogP contribution in [-0.2, 0) is 9.53 Å². The summed E-state index contributed by atoms with van der Waals surface area (Å²) in [7, 11) is 0. The Hall–Kier alpha value is -0.610. The van der Waals surface area contributed by atoms with E-state index in [1.807, 2.05) is 6.92 Å². The molecule has 4 nitrogen and oxygen atoms in total. The van der Waals surface area contributed by atoms with E-state index in [1.165, 1.54) is 25.7 Å². The molecule has 0 atom stereocenters. The molecule has 0 aromatic rings. The van der Waals surface area contributed by atoms with Crippen LogP contribution in [0.3, 0.4) is 0 Å². The third-order valence-corrected chi connectivity index (χ3v) is 4.83. The molecule has 122 valence electrons. The van der Waals surface area contributed by atoms with Crippen LogP contribution in [0, 0.1) is 5.92 Å². The molecular weight excluding hydrogens is 264 g/mol. The van der Waals surface area contributed by atoms with Crippen LogP contribution in [0.25, 0.3) is 0 Å². The molecule has 2 fully saturated rings. The van der Waals surface area contributed by atoms with Crippen molar-refractivity contribution in [1.29, 1.82) is 0 Å². The van der Waals surface area contributed by atoms with Gasteiger partial charge in [0, 0.05) is 25.7 Å². The normalized spacial score (nSPS) is 23.6. The summed E-state index contributed by atoms with van der Waals surface area (Å²) in [5.74, 6) is 0.656. The minimum Gasteiger partial charge on any atom is -0.465 e. The molecule has 0 bridgehead atoms. The van der Waals surface area contributed by atoms with E-state index in [9.17, 15) is 4.79 Å². The van der Waals surface area contributed by atoms with Crippen LogP contribution < -0.4 is 5.32 Å². The van der Waals surface area contributed by atoms with Crippen molar-refractivity contribution < 1.29 is 9.53 Å². The van der Waals surface area contributed by atoms with Crippen LogP contribution >= 0.6 is 0 Å². The Morgan fingerprint density at radius 2 is 1.90 bits per heavy atom. The van der Waals surface area contributed by atoms with Gasteiger partial charge in [-0.1, -0.05) is 26.7 Å². The molecule has 1 heterocycles. The second-order valence-electron chi connectivity index (χ2n) is 7.12. The van der Waals surface area contributed by atoms with Crippen LogP contribution in [0.5, 0.6) is 0 Å². The summed E-state index contributed by atoms with van der Waals surface area (Å²) >= 11 is 0. The summed E-state index contributed by atoms with van der Waals surface area (Å²) in [4.78, 5) is 15.0. The molecule has 4 heteroatoms. The zero-order valence-electron chi connectivity index (χ0n) is 14.0. The van der Waals surface area contributed by atoms with Crippen LogP contribution in [0.4, 0.5) is 0 Å². The molecule has 1 saturated heterocycles. The van der Waals surface area contributed by atoms with Crippen LogP contribution in [0.15, 0.2) is 0 Å². The van der Waals surface area contributed by atoms with Crippen molar-refractivity contribution in [2.24, 2.45) is 5.92 Å². The van der Waals surface area contributed by atoms with E-state index in [0.29, 0.717) is 18.6 Å². The fourth-order valence-electron chi connectivity index (χ4n) is 3.77. The van der Waals surface area contributed by atoms with Gasteiger partial charge in [-0.15, -0.1) is 0 Å². The van der Waals surface area contributed by atoms with Crippen LogP contribution in [0.1, 0.15) is 59.3 Å². The number of hydrogen-bond acceptors (Lipinski definition) is 4. The second-order valence-corrected chi connectivity index (χ2v) is 7.12. The van der Waals surface area contributed by atoms with Crippen molar-refractivity contribution in [2.75, 3.05) is 26.2 Å². The van der Waals surface area contributed by atoms with Crippen molar-refractivity contribution in [3.05, 3.63) is 0 Å². The summed E-state index contributed by atoms with van der Waals surface area (Å²) in [6.45, 7) is 10.0. The molecule has 1 N–H and O–H groups in total. The Morgan fingerprint density at radius 3 is 2.43 bits per heavy atom. The Balaban J connectivity index is 1.98. The van der Waals surface area contributed by atoms with Crippen molar-refractivity contribution in [3.8, 4) is 0 Å². The lowest BCUT2D eigenvalue weighted by Crippen LogP contribution is -2.61. The van der Waals surface area contributed by atoms with Crippen molar-refractivity contribution in [1.82, 2.24) is 10.2 Å². The summed E-state index contributed by atoms with van der Waals surface area (Å²) < 4.78 is 5.39. The van der Waals surface area contributed by atoms with Gasteiger partial charge in [0.15, 0.2) is 0 Å². The van der Waals surface area contributed by atoms with Gasteiger partial charge in [-0.25, -0.2) is 0 Å². The smallest absolute Gasteiger partial charge is 0.326 e. The first-order valence-corrected chi connectivity index (χ1v) is 8.73. The zero-order valence-corrected chi connectivity index (χ0v) is 14.0. The molecule has 1 aliphatic carbocycles. The van der Waals surface area contributed by atoms with Gasteiger partial charge in [0.25, 0.3) is 0 Å². The standard InChI is InChI=1S/C17H32N2O2/c1-4-21-16(20)17(18-15-7-5-6-8-15)9-11-19(12-10-17)13-14(2)3/h14-15,18H,4-13H2,1-3H3. The van der Waals surface area contributed by atoms with Gasteiger partial charge < -0.3 is 9.64 Å². The van der Waals surface area contributed by atoms with Crippen molar-refractivity contribution in [3.63, 3.8) is 0 Å². The molecule has 0 spiro atoms. The number of nitrogens with one attached hydrogen (secondary N) is 1. The number of carbonyl (C=O) groups excluding carboxylic acids is 1. The topological polar surface area (TPSA) is 41.6 Å². The number of ether oxygens (including phenoxy) is 1. The molecule has 2 aliphatic rings. The molecule has 1 aliphatic heterocycles. The lowest BCUT2D eigenvalue weighted by molar-refractivity contribution is -0.154. The third-order valence-electron chi connectivity index (χ3n) is 4.83. The highest BCUT2D eigenvalue weighted by Crippen LogP contribution is 2.29. The predicted octanol–water partition coefficient (Wildman–Crippen LogP) is 2.57. The van der Waals surface area contributed by atoms with Crippen molar-refractivity contribution >= 4 is 5.97 Å². The van der Waals surface area contributed by atoms with E-state index < -0.39 is 5.54 Å². The maximum atomic E-state index is 12.5. The first-order valence-electron chi connectivity index (χ1n) is 8.73. The largest absolute Gasteiger partial charge is 0.465 e. The predicted molar refractivity (Wildman–Crippen MR) is 85.3 cm³/mol. The number of esters is 1. The molecule has 1 saturated carbocycles. The average molecular weight is 296 g/mol. The van der Waals surface area contributed by atoms with Gasteiger partial charge in [0.05, 0.1) is 6.61 Å². The van der Waals surface area contributed by atoms with Crippen LogP contribution in [0.2, 0.25) is 0 Å². The fourth-order valence-corrected chi connectivity index (χ4v) is 3.77. The summed E-state index contributed by atoms with van der Waals surface area (Å²) in [6, 6.07) is 0.506. The number of carbonyl (C=O) groups is 1. The van der Waals surface area contributed by atoms with Crippen LogP contribution in [-0.4, -0.2) is 48.7 Å². The molecule has 0 aromatic carbocycles. The maximum Gasteiger partial charge on any atom is 0.326 e.